The number of amides is 2. The normalized spacial score (nSPS) is 12.7. The van der Waals surface area contributed by atoms with Gasteiger partial charge in [-0.15, -0.1) is 0 Å². The lowest BCUT2D eigenvalue weighted by Gasteiger charge is -2.19. The number of nitrogens with one attached hydrogen (secondary N) is 2. The number of benzene rings is 2. The molecule has 136 valence electrons. The molecule has 0 fully saturated rings. The Labute approximate surface area is 157 Å². The van der Waals surface area contributed by atoms with Crippen LogP contribution in [0.5, 0.6) is 5.75 Å². The van der Waals surface area contributed by atoms with Gasteiger partial charge in [0.05, 0.1) is 22.0 Å². The summed E-state index contributed by atoms with van der Waals surface area (Å²) in [5.74, 6) is -0.667. The summed E-state index contributed by atoms with van der Waals surface area (Å²) in [6, 6.07) is 12.1. The number of anilines is 2. The van der Waals surface area contributed by atoms with E-state index < -0.39 is 11.7 Å². The highest BCUT2D eigenvalue weighted by Crippen LogP contribution is 2.36. The van der Waals surface area contributed by atoms with Gasteiger partial charge in [-0.05, 0) is 30.3 Å². The molecule has 0 atom stereocenters. The SMILES string of the molecule is O=C1COc2cc(NC(=O)c3ccc(-c4ccccc4F)o3)c(Cl)cc2N1. The van der Waals surface area contributed by atoms with Crippen LogP contribution in [0.25, 0.3) is 11.3 Å². The van der Waals surface area contributed by atoms with Crippen molar-refractivity contribution in [2.24, 2.45) is 0 Å². The average Bonchev–Trinajstić information content (AvgIpc) is 3.13. The van der Waals surface area contributed by atoms with Crippen LogP contribution < -0.4 is 15.4 Å². The van der Waals surface area contributed by atoms with Crippen molar-refractivity contribution in [2.75, 3.05) is 17.2 Å². The molecule has 27 heavy (non-hydrogen) atoms. The molecule has 0 saturated heterocycles. The van der Waals surface area contributed by atoms with Crippen molar-refractivity contribution in [2.45, 2.75) is 0 Å². The molecule has 3 aromatic rings. The van der Waals surface area contributed by atoms with Crippen LogP contribution in [0.2, 0.25) is 5.02 Å². The number of ether oxygens (including phenoxy) is 1. The molecule has 0 radical (unpaired) electrons. The molecule has 0 bridgehead atoms. The summed E-state index contributed by atoms with van der Waals surface area (Å²) < 4.78 is 24.6. The lowest BCUT2D eigenvalue weighted by atomic mass is 10.1. The Balaban J connectivity index is 1.57. The predicted octanol–water partition coefficient (Wildman–Crippen LogP) is 4.32. The van der Waals surface area contributed by atoms with Gasteiger partial charge in [-0.2, -0.15) is 0 Å². The molecule has 1 aromatic heterocycles. The maximum atomic E-state index is 13.9. The minimum atomic E-state index is -0.556. The first kappa shape index (κ1) is 17.1. The smallest absolute Gasteiger partial charge is 0.291 e. The number of fused-ring (bicyclic) bond motifs is 1. The lowest BCUT2D eigenvalue weighted by Crippen LogP contribution is -2.25. The minimum absolute atomic E-state index is 0.00346. The van der Waals surface area contributed by atoms with Crippen LogP contribution in [-0.4, -0.2) is 18.4 Å². The van der Waals surface area contributed by atoms with E-state index >= 15 is 0 Å². The predicted molar refractivity (Wildman–Crippen MR) is 97.6 cm³/mol. The summed E-state index contributed by atoms with van der Waals surface area (Å²) in [6.07, 6.45) is 0. The second-order valence-corrected chi connectivity index (χ2v) is 6.17. The molecular formula is C19H12ClFN2O4. The van der Waals surface area contributed by atoms with Gasteiger partial charge in [0.15, 0.2) is 12.4 Å². The summed E-state index contributed by atoms with van der Waals surface area (Å²) in [5, 5.41) is 5.46. The summed E-state index contributed by atoms with van der Waals surface area (Å²) in [7, 11) is 0. The number of halogens is 2. The second-order valence-electron chi connectivity index (χ2n) is 5.76. The van der Waals surface area contributed by atoms with Crippen molar-refractivity contribution < 1.29 is 23.1 Å². The molecule has 2 aromatic carbocycles. The van der Waals surface area contributed by atoms with Crippen LogP contribution in [0, 0.1) is 5.82 Å². The number of furan rings is 1. The van der Waals surface area contributed by atoms with E-state index in [1.165, 1.54) is 30.3 Å². The van der Waals surface area contributed by atoms with Crippen LogP contribution >= 0.6 is 11.6 Å². The standard InChI is InChI=1S/C19H12ClFN2O4/c20-11-7-14-17(26-9-18(24)22-14)8-13(11)23-19(25)16-6-5-15(27-16)10-3-1-2-4-12(10)21/h1-8H,9H2,(H,22,24)(H,23,25). The molecule has 0 spiro atoms. The van der Waals surface area contributed by atoms with Crippen molar-refractivity contribution in [1.82, 2.24) is 0 Å². The van der Waals surface area contributed by atoms with Crippen LogP contribution in [0.1, 0.15) is 10.6 Å². The number of rotatable bonds is 3. The Hall–Kier alpha value is -3.32. The topological polar surface area (TPSA) is 80.6 Å². The van der Waals surface area contributed by atoms with E-state index in [0.29, 0.717) is 17.1 Å². The maximum Gasteiger partial charge on any atom is 0.291 e. The van der Waals surface area contributed by atoms with E-state index in [0.717, 1.165) is 0 Å². The molecule has 0 saturated carbocycles. The number of carbonyl (C=O) groups is 2. The minimum Gasteiger partial charge on any atom is -0.482 e. The highest BCUT2D eigenvalue weighted by molar-refractivity contribution is 6.34. The van der Waals surface area contributed by atoms with E-state index in [9.17, 15) is 14.0 Å². The van der Waals surface area contributed by atoms with E-state index in [2.05, 4.69) is 10.6 Å². The molecule has 4 rings (SSSR count). The average molecular weight is 387 g/mol. The van der Waals surface area contributed by atoms with Gasteiger partial charge >= 0.3 is 0 Å². The van der Waals surface area contributed by atoms with E-state index in [4.69, 9.17) is 20.8 Å². The van der Waals surface area contributed by atoms with Crippen molar-refractivity contribution in [3.8, 4) is 17.1 Å². The third kappa shape index (κ3) is 3.37. The van der Waals surface area contributed by atoms with Gasteiger partial charge in [0.2, 0.25) is 0 Å². The number of hydrogen-bond donors (Lipinski definition) is 2. The Bertz CT molecular complexity index is 1060. The highest BCUT2D eigenvalue weighted by atomic mass is 35.5. The number of carbonyl (C=O) groups excluding carboxylic acids is 2. The molecule has 2 N–H and O–H groups in total. The van der Waals surface area contributed by atoms with Crippen LogP contribution in [0.15, 0.2) is 52.9 Å². The van der Waals surface area contributed by atoms with Crippen LogP contribution in [0.4, 0.5) is 15.8 Å². The summed E-state index contributed by atoms with van der Waals surface area (Å²) in [6.45, 7) is -0.119. The Kier molecular flexibility index (Phi) is 4.29. The molecule has 1 aliphatic rings. The van der Waals surface area contributed by atoms with E-state index in [1.54, 1.807) is 18.2 Å². The quantitative estimate of drug-likeness (QED) is 0.702. The van der Waals surface area contributed by atoms with Crippen molar-refractivity contribution in [3.63, 3.8) is 0 Å². The fourth-order valence-corrected chi connectivity index (χ4v) is 2.86. The molecule has 6 nitrogen and oxygen atoms in total. The van der Waals surface area contributed by atoms with Crippen molar-refractivity contribution in [1.29, 1.82) is 0 Å². The Morgan fingerprint density at radius 1 is 1.19 bits per heavy atom. The summed E-state index contributed by atoms with van der Waals surface area (Å²) in [4.78, 5) is 23.8. The zero-order valence-corrected chi connectivity index (χ0v) is 14.5. The third-order valence-electron chi connectivity index (χ3n) is 3.92. The highest BCUT2D eigenvalue weighted by Gasteiger charge is 2.20. The monoisotopic (exact) mass is 386 g/mol. The molecule has 1 aliphatic heterocycles. The fraction of sp³-hybridized carbons (Fsp3) is 0.0526. The molecule has 0 unspecified atom stereocenters. The fourth-order valence-electron chi connectivity index (χ4n) is 2.65. The summed E-state index contributed by atoms with van der Waals surface area (Å²) in [5.41, 5.74) is 0.974. The third-order valence-corrected chi connectivity index (χ3v) is 4.23. The van der Waals surface area contributed by atoms with Gasteiger partial charge in [0, 0.05) is 6.07 Å². The van der Waals surface area contributed by atoms with Gasteiger partial charge in [-0.3, -0.25) is 9.59 Å². The van der Waals surface area contributed by atoms with Crippen LogP contribution in [-0.2, 0) is 4.79 Å². The zero-order chi connectivity index (χ0) is 19.0. The first-order chi connectivity index (χ1) is 13.0. The van der Waals surface area contributed by atoms with Gasteiger partial charge in [0.1, 0.15) is 17.3 Å². The van der Waals surface area contributed by atoms with Gasteiger partial charge in [-0.1, -0.05) is 23.7 Å². The second kappa shape index (κ2) is 6.77. The largest absolute Gasteiger partial charge is 0.482 e. The van der Waals surface area contributed by atoms with Crippen molar-refractivity contribution >= 4 is 34.8 Å². The van der Waals surface area contributed by atoms with Crippen LogP contribution in [0.3, 0.4) is 0 Å². The van der Waals surface area contributed by atoms with Gasteiger partial charge in [0.25, 0.3) is 11.8 Å². The zero-order valence-electron chi connectivity index (χ0n) is 13.7. The van der Waals surface area contributed by atoms with E-state index in [1.807, 2.05) is 0 Å². The van der Waals surface area contributed by atoms with E-state index in [-0.39, 0.29) is 34.6 Å². The summed E-state index contributed by atoms with van der Waals surface area (Å²) >= 11 is 6.16. The number of hydrogen-bond acceptors (Lipinski definition) is 4. The molecule has 8 heteroatoms. The molecule has 2 amide bonds. The molecule has 2 heterocycles. The lowest BCUT2D eigenvalue weighted by molar-refractivity contribution is -0.118. The maximum absolute atomic E-state index is 13.9. The first-order valence-electron chi connectivity index (χ1n) is 7.93. The van der Waals surface area contributed by atoms with Crippen molar-refractivity contribution in [3.05, 3.63) is 65.1 Å². The first-order valence-corrected chi connectivity index (χ1v) is 8.31. The molecular weight excluding hydrogens is 375 g/mol. The van der Waals surface area contributed by atoms with Gasteiger partial charge in [-0.25, -0.2) is 4.39 Å². The Morgan fingerprint density at radius 2 is 2.00 bits per heavy atom. The van der Waals surface area contributed by atoms with Gasteiger partial charge < -0.3 is 19.8 Å². The molecule has 0 aliphatic carbocycles. The Morgan fingerprint density at radius 3 is 2.81 bits per heavy atom.